The fraction of sp³-hybridized carbons (Fsp3) is 0.571. The van der Waals surface area contributed by atoms with E-state index in [0.717, 1.165) is 31.6 Å². The van der Waals surface area contributed by atoms with E-state index in [0.29, 0.717) is 0 Å². The number of aliphatic hydroxyl groups is 1. The van der Waals surface area contributed by atoms with E-state index in [4.69, 9.17) is 5.73 Å². The fourth-order valence-corrected chi connectivity index (χ4v) is 2.60. The molecule has 0 amide bonds. The largest absolute Gasteiger partial charge is 0.393 e. The minimum Gasteiger partial charge on any atom is -0.393 e. The van der Waals surface area contributed by atoms with Gasteiger partial charge in [-0.25, -0.2) is 4.39 Å². The van der Waals surface area contributed by atoms with Crippen LogP contribution in [-0.2, 0) is 6.54 Å². The van der Waals surface area contributed by atoms with Gasteiger partial charge < -0.3 is 10.8 Å². The maximum Gasteiger partial charge on any atom is 0.123 e. The minimum absolute atomic E-state index is 0.110. The summed E-state index contributed by atoms with van der Waals surface area (Å²) in [7, 11) is 0. The van der Waals surface area contributed by atoms with Crippen molar-refractivity contribution < 1.29 is 9.50 Å². The molecular formula is C14H21FN2O. The number of piperidine rings is 1. The highest BCUT2D eigenvalue weighted by molar-refractivity contribution is 5.16. The van der Waals surface area contributed by atoms with E-state index >= 15 is 0 Å². The van der Waals surface area contributed by atoms with Gasteiger partial charge in [0.1, 0.15) is 5.82 Å². The van der Waals surface area contributed by atoms with E-state index in [9.17, 15) is 9.50 Å². The molecule has 4 heteroatoms. The van der Waals surface area contributed by atoms with Crippen molar-refractivity contribution in [3.63, 3.8) is 0 Å². The SMILES string of the molecule is CC(O)C1CC(N)CN(Cc2ccc(F)cc2)C1. The first-order valence-corrected chi connectivity index (χ1v) is 6.45. The first kappa shape index (κ1) is 13.5. The Bertz CT molecular complexity index is 380. The monoisotopic (exact) mass is 252 g/mol. The maximum atomic E-state index is 12.8. The van der Waals surface area contributed by atoms with Gasteiger partial charge >= 0.3 is 0 Å². The Morgan fingerprint density at radius 3 is 2.67 bits per heavy atom. The van der Waals surface area contributed by atoms with Crippen LogP contribution in [0.15, 0.2) is 24.3 Å². The summed E-state index contributed by atoms with van der Waals surface area (Å²) in [6.07, 6.45) is 0.546. The lowest BCUT2D eigenvalue weighted by atomic mass is 9.90. The van der Waals surface area contributed by atoms with E-state index in [2.05, 4.69) is 4.90 Å². The minimum atomic E-state index is -0.327. The van der Waals surface area contributed by atoms with E-state index in [1.807, 2.05) is 6.92 Å². The van der Waals surface area contributed by atoms with Crippen molar-refractivity contribution in [1.82, 2.24) is 4.90 Å². The lowest BCUT2D eigenvalue weighted by molar-refractivity contribution is 0.0516. The lowest BCUT2D eigenvalue weighted by Gasteiger charge is -2.37. The van der Waals surface area contributed by atoms with Gasteiger partial charge in [0.05, 0.1) is 6.10 Å². The second kappa shape index (κ2) is 5.78. The van der Waals surface area contributed by atoms with Crippen LogP contribution >= 0.6 is 0 Å². The van der Waals surface area contributed by atoms with Crippen LogP contribution in [0.5, 0.6) is 0 Å². The average Bonchev–Trinajstić information content (AvgIpc) is 2.31. The van der Waals surface area contributed by atoms with Gasteiger partial charge in [0.15, 0.2) is 0 Å². The predicted molar refractivity (Wildman–Crippen MR) is 69.4 cm³/mol. The molecule has 3 nitrogen and oxygen atoms in total. The molecule has 3 atom stereocenters. The maximum absolute atomic E-state index is 12.8. The van der Waals surface area contributed by atoms with Gasteiger partial charge in [-0.1, -0.05) is 12.1 Å². The van der Waals surface area contributed by atoms with Crippen molar-refractivity contribution >= 4 is 0 Å². The van der Waals surface area contributed by atoms with E-state index in [-0.39, 0.29) is 23.9 Å². The Hall–Kier alpha value is -0.970. The molecule has 1 aromatic rings. The van der Waals surface area contributed by atoms with Gasteiger partial charge in [-0.05, 0) is 37.0 Å². The molecule has 0 radical (unpaired) electrons. The molecule has 100 valence electrons. The van der Waals surface area contributed by atoms with Gasteiger partial charge in [0.25, 0.3) is 0 Å². The topological polar surface area (TPSA) is 49.5 Å². The Morgan fingerprint density at radius 2 is 2.06 bits per heavy atom. The van der Waals surface area contributed by atoms with Gasteiger partial charge in [-0.2, -0.15) is 0 Å². The summed E-state index contributed by atoms with van der Waals surface area (Å²) in [5.41, 5.74) is 7.10. The summed E-state index contributed by atoms with van der Waals surface area (Å²) < 4.78 is 12.8. The van der Waals surface area contributed by atoms with Crippen LogP contribution in [0.2, 0.25) is 0 Å². The zero-order valence-electron chi connectivity index (χ0n) is 10.7. The third-order valence-corrected chi connectivity index (χ3v) is 3.59. The molecule has 1 aromatic carbocycles. The zero-order chi connectivity index (χ0) is 13.1. The Kier molecular flexibility index (Phi) is 4.32. The Labute approximate surface area is 107 Å². The highest BCUT2D eigenvalue weighted by Gasteiger charge is 2.27. The number of rotatable bonds is 3. The van der Waals surface area contributed by atoms with Gasteiger partial charge in [-0.15, -0.1) is 0 Å². The molecule has 1 aliphatic rings. The standard InChI is InChI=1S/C14H21FN2O/c1-10(18)12-6-14(16)9-17(8-12)7-11-2-4-13(15)5-3-11/h2-5,10,12,14,18H,6-9,16H2,1H3. The summed E-state index contributed by atoms with van der Waals surface area (Å²) in [6, 6.07) is 6.66. The molecule has 0 aliphatic carbocycles. The van der Waals surface area contributed by atoms with Crippen LogP contribution in [0.3, 0.4) is 0 Å². The summed E-state index contributed by atoms with van der Waals surface area (Å²) >= 11 is 0. The molecule has 1 aliphatic heterocycles. The molecule has 3 N–H and O–H groups in total. The van der Waals surface area contributed by atoms with Crippen molar-refractivity contribution in [1.29, 1.82) is 0 Å². The Balaban J connectivity index is 1.98. The number of halogens is 1. The van der Waals surface area contributed by atoms with Crippen LogP contribution in [0.4, 0.5) is 4.39 Å². The van der Waals surface area contributed by atoms with Crippen LogP contribution in [0.1, 0.15) is 18.9 Å². The van der Waals surface area contributed by atoms with Crippen LogP contribution in [0, 0.1) is 11.7 Å². The molecule has 1 fully saturated rings. The molecule has 0 spiro atoms. The van der Waals surface area contributed by atoms with E-state index in [1.165, 1.54) is 12.1 Å². The second-order valence-corrected chi connectivity index (χ2v) is 5.32. The van der Waals surface area contributed by atoms with Crippen molar-refractivity contribution in [2.24, 2.45) is 11.7 Å². The zero-order valence-corrected chi connectivity index (χ0v) is 10.7. The van der Waals surface area contributed by atoms with Crippen LogP contribution in [0.25, 0.3) is 0 Å². The normalized spacial score (nSPS) is 27.1. The van der Waals surface area contributed by atoms with E-state index < -0.39 is 0 Å². The lowest BCUT2D eigenvalue weighted by Crippen LogP contribution is -2.49. The molecule has 18 heavy (non-hydrogen) atoms. The number of nitrogens with two attached hydrogens (primary N) is 1. The highest BCUT2D eigenvalue weighted by Crippen LogP contribution is 2.20. The Morgan fingerprint density at radius 1 is 1.39 bits per heavy atom. The van der Waals surface area contributed by atoms with Crippen molar-refractivity contribution in [3.8, 4) is 0 Å². The summed E-state index contributed by atoms with van der Waals surface area (Å²) in [6.45, 7) is 4.26. The number of nitrogens with zero attached hydrogens (tertiary/aromatic N) is 1. The molecule has 3 unspecified atom stereocenters. The van der Waals surface area contributed by atoms with Gasteiger partial charge in [0.2, 0.25) is 0 Å². The van der Waals surface area contributed by atoms with Gasteiger partial charge in [0, 0.05) is 25.7 Å². The number of likely N-dealkylation sites (tertiary alicyclic amines) is 1. The predicted octanol–water partition coefficient (Wildman–Crippen LogP) is 1.36. The number of aliphatic hydroxyl groups excluding tert-OH is 1. The third kappa shape index (κ3) is 3.51. The third-order valence-electron chi connectivity index (χ3n) is 3.59. The number of hydrogen-bond acceptors (Lipinski definition) is 3. The van der Waals surface area contributed by atoms with Crippen LogP contribution in [-0.4, -0.2) is 35.2 Å². The number of benzene rings is 1. The molecule has 1 heterocycles. The molecule has 2 rings (SSSR count). The van der Waals surface area contributed by atoms with Crippen molar-refractivity contribution in [2.45, 2.75) is 32.0 Å². The second-order valence-electron chi connectivity index (χ2n) is 5.32. The average molecular weight is 252 g/mol. The summed E-state index contributed by atoms with van der Waals surface area (Å²) in [5, 5.41) is 9.68. The van der Waals surface area contributed by atoms with Crippen molar-refractivity contribution in [3.05, 3.63) is 35.6 Å². The van der Waals surface area contributed by atoms with Gasteiger partial charge in [-0.3, -0.25) is 4.90 Å². The first-order chi connectivity index (χ1) is 8.54. The van der Waals surface area contributed by atoms with Crippen LogP contribution < -0.4 is 5.73 Å². The summed E-state index contributed by atoms with van der Waals surface area (Å²) in [4.78, 5) is 2.23. The summed E-state index contributed by atoms with van der Waals surface area (Å²) in [5.74, 6) is 0.0187. The highest BCUT2D eigenvalue weighted by atomic mass is 19.1. The fourth-order valence-electron chi connectivity index (χ4n) is 2.60. The molecule has 0 aromatic heterocycles. The molecular weight excluding hydrogens is 231 g/mol. The quantitative estimate of drug-likeness (QED) is 0.854. The molecule has 0 saturated carbocycles. The first-order valence-electron chi connectivity index (χ1n) is 6.45. The molecule has 1 saturated heterocycles. The smallest absolute Gasteiger partial charge is 0.123 e. The van der Waals surface area contributed by atoms with E-state index in [1.54, 1.807) is 12.1 Å². The molecule has 0 bridgehead atoms. The van der Waals surface area contributed by atoms with Crippen molar-refractivity contribution in [2.75, 3.05) is 13.1 Å². The number of hydrogen-bond donors (Lipinski definition) is 2.